The Bertz CT molecular complexity index is 1170. The van der Waals surface area contributed by atoms with Crippen LogP contribution in [0.5, 0.6) is 11.5 Å². The van der Waals surface area contributed by atoms with Gasteiger partial charge in [-0.3, -0.25) is 9.36 Å². The summed E-state index contributed by atoms with van der Waals surface area (Å²) in [6, 6.07) is 19.1. The molecule has 0 saturated heterocycles. The van der Waals surface area contributed by atoms with Crippen LogP contribution in [0.15, 0.2) is 71.2 Å². The zero-order chi connectivity index (χ0) is 23.0. The van der Waals surface area contributed by atoms with E-state index in [0.29, 0.717) is 18.4 Å². The highest BCUT2D eigenvalue weighted by Gasteiger charge is 2.18. The van der Waals surface area contributed by atoms with Gasteiger partial charge in [-0.15, -0.1) is 21.5 Å². The molecule has 0 fully saturated rings. The summed E-state index contributed by atoms with van der Waals surface area (Å²) in [6.45, 7) is 5.10. The van der Waals surface area contributed by atoms with E-state index in [0.717, 1.165) is 33.6 Å². The molecule has 170 valence electrons. The third-order valence-electron chi connectivity index (χ3n) is 4.56. The second-order valence-corrected chi connectivity index (χ2v) is 8.73. The van der Waals surface area contributed by atoms with Crippen molar-refractivity contribution in [3.63, 3.8) is 0 Å². The number of carbonyl (C=O) groups is 1. The first kappa shape index (κ1) is 22.9. The van der Waals surface area contributed by atoms with E-state index >= 15 is 0 Å². The van der Waals surface area contributed by atoms with Crippen LogP contribution in [0.25, 0.3) is 16.4 Å². The number of anilines is 1. The fraction of sp³-hybridized carbons (Fsp3) is 0.208. The molecule has 9 heteroatoms. The Morgan fingerprint density at radius 2 is 1.64 bits per heavy atom. The maximum atomic E-state index is 12.6. The van der Waals surface area contributed by atoms with Crippen LogP contribution >= 0.6 is 23.1 Å². The number of ether oxygens (including phenoxy) is 2. The number of benzene rings is 2. The number of nitrogens with one attached hydrogen (secondary N) is 1. The zero-order valence-corrected chi connectivity index (χ0v) is 20.0. The van der Waals surface area contributed by atoms with Crippen molar-refractivity contribution in [2.45, 2.75) is 19.0 Å². The summed E-state index contributed by atoms with van der Waals surface area (Å²) >= 11 is 2.93. The van der Waals surface area contributed by atoms with Gasteiger partial charge in [-0.25, -0.2) is 0 Å². The molecule has 4 aromatic rings. The molecule has 2 heterocycles. The van der Waals surface area contributed by atoms with Gasteiger partial charge in [-0.2, -0.15) is 0 Å². The van der Waals surface area contributed by atoms with E-state index in [1.807, 2.05) is 84.5 Å². The molecule has 0 aliphatic carbocycles. The second-order valence-electron chi connectivity index (χ2n) is 6.84. The van der Waals surface area contributed by atoms with Gasteiger partial charge in [0.25, 0.3) is 0 Å². The van der Waals surface area contributed by atoms with Gasteiger partial charge in [-0.1, -0.05) is 17.8 Å². The maximum Gasteiger partial charge on any atom is 0.234 e. The molecule has 0 atom stereocenters. The molecular formula is C24H24N4O3S2. The molecule has 0 bridgehead atoms. The van der Waals surface area contributed by atoms with Crippen LogP contribution in [0.2, 0.25) is 0 Å². The van der Waals surface area contributed by atoms with Gasteiger partial charge in [0.2, 0.25) is 5.91 Å². The molecule has 0 radical (unpaired) electrons. The number of hydrogen-bond donors (Lipinski definition) is 1. The lowest BCUT2D eigenvalue weighted by Crippen LogP contribution is -2.14. The SMILES string of the molecule is CCOc1ccc(NC(=O)CSc2nnc(-c3cccs3)n2-c2ccc(OCC)cc2)cc1. The monoisotopic (exact) mass is 480 g/mol. The summed E-state index contributed by atoms with van der Waals surface area (Å²) in [4.78, 5) is 13.6. The number of thiophene rings is 1. The number of amides is 1. The van der Waals surface area contributed by atoms with Crippen LogP contribution in [0.3, 0.4) is 0 Å². The van der Waals surface area contributed by atoms with Crippen molar-refractivity contribution in [3.05, 3.63) is 66.0 Å². The van der Waals surface area contributed by atoms with E-state index in [1.165, 1.54) is 11.8 Å². The van der Waals surface area contributed by atoms with E-state index in [2.05, 4.69) is 15.5 Å². The third-order valence-corrected chi connectivity index (χ3v) is 6.36. The van der Waals surface area contributed by atoms with Crippen molar-refractivity contribution in [1.82, 2.24) is 14.8 Å². The number of carbonyl (C=O) groups excluding carboxylic acids is 1. The summed E-state index contributed by atoms with van der Waals surface area (Å²) in [7, 11) is 0. The van der Waals surface area contributed by atoms with Crippen molar-refractivity contribution in [1.29, 1.82) is 0 Å². The lowest BCUT2D eigenvalue weighted by Gasteiger charge is -2.11. The van der Waals surface area contributed by atoms with Crippen LogP contribution in [0.4, 0.5) is 5.69 Å². The molecule has 7 nitrogen and oxygen atoms in total. The Morgan fingerprint density at radius 1 is 0.970 bits per heavy atom. The summed E-state index contributed by atoms with van der Waals surface area (Å²) in [5.41, 5.74) is 1.62. The van der Waals surface area contributed by atoms with Crippen LogP contribution in [-0.4, -0.2) is 39.6 Å². The molecule has 0 saturated carbocycles. The van der Waals surface area contributed by atoms with Gasteiger partial charge >= 0.3 is 0 Å². The average molecular weight is 481 g/mol. The summed E-state index contributed by atoms with van der Waals surface area (Å²) in [5.74, 6) is 2.39. The molecule has 1 amide bonds. The number of hydrogen-bond acceptors (Lipinski definition) is 7. The number of rotatable bonds is 10. The van der Waals surface area contributed by atoms with Gasteiger partial charge in [0.15, 0.2) is 11.0 Å². The van der Waals surface area contributed by atoms with E-state index in [1.54, 1.807) is 11.3 Å². The molecule has 0 unspecified atom stereocenters. The van der Waals surface area contributed by atoms with Crippen molar-refractivity contribution in [2.24, 2.45) is 0 Å². The highest BCUT2D eigenvalue weighted by atomic mass is 32.2. The summed E-state index contributed by atoms with van der Waals surface area (Å²) in [6.07, 6.45) is 0. The zero-order valence-electron chi connectivity index (χ0n) is 18.4. The highest BCUT2D eigenvalue weighted by molar-refractivity contribution is 7.99. The van der Waals surface area contributed by atoms with E-state index in [9.17, 15) is 4.79 Å². The minimum atomic E-state index is -0.122. The van der Waals surface area contributed by atoms with Crippen LogP contribution in [0, 0.1) is 0 Å². The Hall–Kier alpha value is -3.30. The second kappa shape index (κ2) is 11.0. The van der Waals surface area contributed by atoms with Crippen LogP contribution < -0.4 is 14.8 Å². The molecule has 0 aliphatic heterocycles. The Kier molecular flexibility index (Phi) is 7.64. The smallest absolute Gasteiger partial charge is 0.234 e. The van der Waals surface area contributed by atoms with Crippen molar-refractivity contribution < 1.29 is 14.3 Å². The van der Waals surface area contributed by atoms with Crippen LogP contribution in [0.1, 0.15) is 13.8 Å². The highest BCUT2D eigenvalue weighted by Crippen LogP contribution is 2.31. The largest absolute Gasteiger partial charge is 0.494 e. The molecule has 33 heavy (non-hydrogen) atoms. The Balaban J connectivity index is 1.50. The fourth-order valence-electron chi connectivity index (χ4n) is 3.15. The number of nitrogens with zero attached hydrogens (tertiary/aromatic N) is 3. The van der Waals surface area contributed by atoms with E-state index in [4.69, 9.17) is 9.47 Å². The molecule has 0 aliphatic rings. The van der Waals surface area contributed by atoms with E-state index in [-0.39, 0.29) is 11.7 Å². The van der Waals surface area contributed by atoms with E-state index < -0.39 is 0 Å². The maximum absolute atomic E-state index is 12.6. The molecule has 2 aromatic heterocycles. The molecule has 0 spiro atoms. The van der Waals surface area contributed by atoms with Crippen molar-refractivity contribution >= 4 is 34.7 Å². The molecular weight excluding hydrogens is 456 g/mol. The lowest BCUT2D eigenvalue weighted by molar-refractivity contribution is -0.113. The lowest BCUT2D eigenvalue weighted by atomic mass is 10.3. The number of aromatic nitrogens is 3. The fourth-order valence-corrected chi connectivity index (χ4v) is 4.60. The van der Waals surface area contributed by atoms with Gasteiger partial charge in [-0.05, 0) is 73.8 Å². The van der Waals surface area contributed by atoms with Crippen molar-refractivity contribution in [2.75, 3.05) is 24.3 Å². The topological polar surface area (TPSA) is 78.3 Å². The molecule has 4 rings (SSSR count). The third kappa shape index (κ3) is 5.74. The predicted octanol–water partition coefficient (Wildman–Crippen LogP) is 5.52. The normalized spacial score (nSPS) is 10.7. The first-order chi connectivity index (χ1) is 16.2. The summed E-state index contributed by atoms with van der Waals surface area (Å²) in [5, 5.41) is 14.3. The quantitative estimate of drug-likeness (QED) is 0.301. The molecule has 1 N–H and O–H groups in total. The first-order valence-corrected chi connectivity index (χ1v) is 12.4. The minimum absolute atomic E-state index is 0.122. The average Bonchev–Trinajstić information content (AvgIpc) is 3.50. The Morgan fingerprint density at radius 3 is 2.24 bits per heavy atom. The summed E-state index contributed by atoms with van der Waals surface area (Å²) < 4.78 is 13.0. The van der Waals surface area contributed by atoms with Gasteiger partial charge < -0.3 is 14.8 Å². The Labute approximate surface area is 200 Å². The standard InChI is InChI=1S/C24H24N4O3S2/c1-3-30-19-11-7-17(8-12-19)25-22(29)16-33-24-27-26-23(21-6-5-15-32-21)28(24)18-9-13-20(14-10-18)31-4-2/h5-15H,3-4,16H2,1-2H3,(H,25,29). The van der Waals surface area contributed by atoms with Gasteiger partial charge in [0.1, 0.15) is 11.5 Å². The first-order valence-electron chi connectivity index (χ1n) is 10.6. The minimum Gasteiger partial charge on any atom is -0.494 e. The van der Waals surface area contributed by atoms with Crippen LogP contribution in [-0.2, 0) is 4.79 Å². The number of thioether (sulfide) groups is 1. The van der Waals surface area contributed by atoms with Gasteiger partial charge in [0, 0.05) is 5.69 Å². The predicted molar refractivity (Wildman–Crippen MR) is 133 cm³/mol. The van der Waals surface area contributed by atoms with Gasteiger partial charge in [0.05, 0.1) is 29.5 Å². The van der Waals surface area contributed by atoms with Crippen molar-refractivity contribution in [3.8, 4) is 27.9 Å². The molecule has 2 aromatic carbocycles.